The van der Waals surface area contributed by atoms with Gasteiger partial charge in [0, 0.05) is 19.0 Å². The molecule has 0 spiro atoms. The van der Waals surface area contributed by atoms with Crippen LogP contribution in [0.5, 0.6) is 0 Å². The van der Waals surface area contributed by atoms with Gasteiger partial charge in [-0.2, -0.15) is 0 Å². The maximum atomic E-state index is 4.35. The molecule has 4 heteroatoms. The average Bonchev–Trinajstić information content (AvgIpc) is 3.06. The Hall–Kier alpha value is -0.900. The highest BCUT2D eigenvalue weighted by molar-refractivity contribution is 4.99. The molecular weight excluding hydrogens is 224 g/mol. The number of hydrogen-bond acceptors (Lipinski definition) is 3. The molecule has 0 saturated heterocycles. The fourth-order valence-electron chi connectivity index (χ4n) is 3.38. The second-order valence-corrected chi connectivity index (χ2v) is 5.86. The van der Waals surface area contributed by atoms with Crippen LogP contribution in [0.25, 0.3) is 0 Å². The second kappa shape index (κ2) is 5.39. The summed E-state index contributed by atoms with van der Waals surface area (Å²) in [5.74, 6) is 3.19. The SMILES string of the molecule is CC(NCc1nnc2n1CCCC2)C1CCCC1. The molecule has 1 atom stereocenters. The van der Waals surface area contributed by atoms with Gasteiger partial charge in [0.25, 0.3) is 0 Å². The molecule has 1 fully saturated rings. The van der Waals surface area contributed by atoms with Crippen LogP contribution in [0.1, 0.15) is 57.1 Å². The molecule has 0 radical (unpaired) electrons. The zero-order valence-corrected chi connectivity index (χ0v) is 11.4. The van der Waals surface area contributed by atoms with Crippen molar-refractivity contribution in [1.82, 2.24) is 20.1 Å². The van der Waals surface area contributed by atoms with Crippen molar-refractivity contribution in [2.75, 3.05) is 0 Å². The third-order valence-corrected chi connectivity index (χ3v) is 4.63. The summed E-state index contributed by atoms with van der Waals surface area (Å²) in [4.78, 5) is 0. The smallest absolute Gasteiger partial charge is 0.147 e. The molecule has 0 amide bonds. The summed E-state index contributed by atoms with van der Waals surface area (Å²) >= 11 is 0. The number of nitrogens with zero attached hydrogens (tertiary/aromatic N) is 3. The molecule has 1 saturated carbocycles. The van der Waals surface area contributed by atoms with Crippen LogP contribution in [-0.2, 0) is 19.5 Å². The minimum Gasteiger partial charge on any atom is -0.314 e. The number of fused-ring (bicyclic) bond motifs is 1. The van der Waals surface area contributed by atoms with E-state index in [9.17, 15) is 0 Å². The first-order valence-corrected chi connectivity index (χ1v) is 7.49. The van der Waals surface area contributed by atoms with E-state index in [1.165, 1.54) is 44.3 Å². The van der Waals surface area contributed by atoms with E-state index in [1.54, 1.807) is 0 Å². The Labute approximate surface area is 109 Å². The van der Waals surface area contributed by atoms with Gasteiger partial charge in [0.15, 0.2) is 0 Å². The first-order chi connectivity index (χ1) is 8.84. The van der Waals surface area contributed by atoms with Gasteiger partial charge in [-0.05, 0) is 38.5 Å². The van der Waals surface area contributed by atoms with Gasteiger partial charge in [-0.3, -0.25) is 0 Å². The summed E-state index contributed by atoms with van der Waals surface area (Å²) in [5.41, 5.74) is 0. The summed E-state index contributed by atoms with van der Waals surface area (Å²) in [6, 6.07) is 0.615. The summed E-state index contributed by atoms with van der Waals surface area (Å²) in [7, 11) is 0. The lowest BCUT2D eigenvalue weighted by atomic mass is 10.00. The molecule has 2 heterocycles. The Morgan fingerprint density at radius 1 is 1.22 bits per heavy atom. The Balaban J connectivity index is 1.57. The lowest BCUT2D eigenvalue weighted by Crippen LogP contribution is -2.33. The van der Waals surface area contributed by atoms with E-state index in [0.29, 0.717) is 6.04 Å². The van der Waals surface area contributed by atoms with E-state index in [1.807, 2.05) is 0 Å². The largest absolute Gasteiger partial charge is 0.314 e. The zero-order chi connectivity index (χ0) is 12.4. The van der Waals surface area contributed by atoms with E-state index in [-0.39, 0.29) is 0 Å². The molecule has 0 aromatic carbocycles. The molecule has 1 unspecified atom stereocenters. The Morgan fingerprint density at radius 3 is 2.89 bits per heavy atom. The van der Waals surface area contributed by atoms with Crippen molar-refractivity contribution < 1.29 is 0 Å². The van der Waals surface area contributed by atoms with Gasteiger partial charge in [0.05, 0.1) is 6.54 Å². The van der Waals surface area contributed by atoms with Crippen molar-refractivity contribution in [3.63, 3.8) is 0 Å². The number of aromatic nitrogens is 3. The van der Waals surface area contributed by atoms with Gasteiger partial charge in [0.2, 0.25) is 0 Å². The van der Waals surface area contributed by atoms with Gasteiger partial charge in [-0.1, -0.05) is 12.8 Å². The third kappa shape index (κ3) is 2.44. The lowest BCUT2D eigenvalue weighted by molar-refractivity contribution is 0.372. The summed E-state index contributed by atoms with van der Waals surface area (Å²) in [6.45, 7) is 4.31. The number of rotatable bonds is 4. The van der Waals surface area contributed by atoms with Gasteiger partial charge in [-0.25, -0.2) is 0 Å². The van der Waals surface area contributed by atoms with Crippen LogP contribution >= 0.6 is 0 Å². The second-order valence-electron chi connectivity index (χ2n) is 5.86. The van der Waals surface area contributed by atoms with Crippen molar-refractivity contribution >= 4 is 0 Å². The summed E-state index contributed by atoms with van der Waals surface area (Å²) in [6.07, 6.45) is 9.26. The van der Waals surface area contributed by atoms with Crippen molar-refractivity contribution in [2.24, 2.45) is 5.92 Å². The van der Waals surface area contributed by atoms with Crippen LogP contribution in [0.3, 0.4) is 0 Å². The number of aryl methyl sites for hydroxylation is 1. The zero-order valence-electron chi connectivity index (χ0n) is 11.4. The van der Waals surface area contributed by atoms with Crippen molar-refractivity contribution in [3.05, 3.63) is 11.6 Å². The highest BCUT2D eigenvalue weighted by atomic mass is 15.3. The summed E-state index contributed by atoms with van der Waals surface area (Å²) < 4.78 is 2.32. The molecule has 0 bridgehead atoms. The van der Waals surface area contributed by atoms with Crippen molar-refractivity contribution in [3.8, 4) is 0 Å². The van der Waals surface area contributed by atoms with Crippen molar-refractivity contribution in [2.45, 2.75) is 71.0 Å². The fourth-order valence-corrected chi connectivity index (χ4v) is 3.38. The van der Waals surface area contributed by atoms with Crippen LogP contribution in [-0.4, -0.2) is 20.8 Å². The molecule has 4 nitrogen and oxygen atoms in total. The molecule has 3 rings (SSSR count). The number of nitrogens with one attached hydrogen (secondary N) is 1. The highest BCUT2D eigenvalue weighted by Crippen LogP contribution is 2.27. The first kappa shape index (κ1) is 12.2. The third-order valence-electron chi connectivity index (χ3n) is 4.63. The van der Waals surface area contributed by atoms with Crippen LogP contribution in [0.2, 0.25) is 0 Å². The molecule has 1 aliphatic heterocycles. The van der Waals surface area contributed by atoms with Gasteiger partial charge >= 0.3 is 0 Å². The first-order valence-electron chi connectivity index (χ1n) is 7.49. The molecular formula is C14H24N4. The summed E-state index contributed by atoms with van der Waals surface area (Å²) in [5, 5.41) is 12.3. The molecule has 1 aromatic heterocycles. The fraction of sp³-hybridized carbons (Fsp3) is 0.857. The highest BCUT2D eigenvalue weighted by Gasteiger charge is 2.22. The Morgan fingerprint density at radius 2 is 2.06 bits per heavy atom. The quantitative estimate of drug-likeness (QED) is 0.889. The van der Waals surface area contributed by atoms with E-state index in [2.05, 4.69) is 27.0 Å². The van der Waals surface area contributed by atoms with Crippen LogP contribution < -0.4 is 5.32 Å². The van der Waals surface area contributed by atoms with Gasteiger partial charge in [0.1, 0.15) is 11.6 Å². The standard InChI is InChI=1S/C14H24N4/c1-11(12-6-2-3-7-12)15-10-14-17-16-13-8-4-5-9-18(13)14/h11-12,15H,2-10H2,1H3. The lowest BCUT2D eigenvalue weighted by Gasteiger charge is -2.21. The molecule has 1 aliphatic carbocycles. The minimum atomic E-state index is 0.615. The van der Waals surface area contributed by atoms with Gasteiger partial charge < -0.3 is 9.88 Å². The number of hydrogen-bond donors (Lipinski definition) is 1. The Kier molecular flexibility index (Phi) is 3.64. The van der Waals surface area contributed by atoms with Gasteiger partial charge in [-0.15, -0.1) is 10.2 Å². The van der Waals surface area contributed by atoms with Crippen LogP contribution in [0, 0.1) is 5.92 Å². The predicted molar refractivity (Wildman–Crippen MR) is 71.2 cm³/mol. The average molecular weight is 248 g/mol. The normalized spacial score (nSPS) is 22.1. The van der Waals surface area contributed by atoms with E-state index in [0.717, 1.165) is 31.3 Å². The molecule has 2 aliphatic rings. The van der Waals surface area contributed by atoms with E-state index >= 15 is 0 Å². The molecule has 18 heavy (non-hydrogen) atoms. The topological polar surface area (TPSA) is 42.7 Å². The maximum absolute atomic E-state index is 4.35. The van der Waals surface area contributed by atoms with Crippen LogP contribution in [0.4, 0.5) is 0 Å². The van der Waals surface area contributed by atoms with Crippen LogP contribution in [0.15, 0.2) is 0 Å². The van der Waals surface area contributed by atoms with E-state index < -0.39 is 0 Å². The predicted octanol–water partition coefficient (Wildman–Crippen LogP) is 2.28. The Bertz CT molecular complexity index is 392. The molecule has 1 aromatic rings. The monoisotopic (exact) mass is 248 g/mol. The molecule has 100 valence electrons. The van der Waals surface area contributed by atoms with E-state index in [4.69, 9.17) is 0 Å². The molecule has 1 N–H and O–H groups in total. The maximum Gasteiger partial charge on any atom is 0.147 e. The van der Waals surface area contributed by atoms with Crippen molar-refractivity contribution in [1.29, 1.82) is 0 Å². The minimum absolute atomic E-state index is 0.615.